The zero-order valence-electron chi connectivity index (χ0n) is 13.1. The van der Waals surface area contributed by atoms with Gasteiger partial charge in [0.05, 0.1) is 5.69 Å². The van der Waals surface area contributed by atoms with Crippen LogP contribution in [0.25, 0.3) is 5.69 Å². The highest BCUT2D eigenvalue weighted by atomic mass is 16.2. The second-order valence-corrected chi connectivity index (χ2v) is 6.08. The Morgan fingerprint density at radius 2 is 1.82 bits per heavy atom. The van der Waals surface area contributed by atoms with Gasteiger partial charge in [0, 0.05) is 11.7 Å². The average molecular weight is 297 g/mol. The fourth-order valence-electron chi connectivity index (χ4n) is 3.10. The van der Waals surface area contributed by atoms with E-state index in [-0.39, 0.29) is 5.91 Å². The van der Waals surface area contributed by atoms with Gasteiger partial charge in [-0.1, -0.05) is 43.9 Å². The Kier molecular flexibility index (Phi) is 4.56. The molecule has 1 amide bonds. The summed E-state index contributed by atoms with van der Waals surface area (Å²) in [5.74, 6) is -0.0512. The Hall–Kier alpha value is -2.10. The summed E-state index contributed by atoms with van der Waals surface area (Å²) in [6.45, 7) is 1.97. The van der Waals surface area contributed by atoms with Crippen LogP contribution in [0, 0.1) is 6.92 Å². The van der Waals surface area contributed by atoms with Crippen molar-refractivity contribution in [1.29, 1.82) is 0 Å². The maximum Gasteiger partial charge on any atom is 0.272 e. The predicted octanol–water partition coefficient (Wildman–Crippen LogP) is 3.63. The van der Waals surface area contributed by atoms with E-state index in [0.717, 1.165) is 24.2 Å². The van der Waals surface area contributed by atoms with Gasteiger partial charge in [-0.25, -0.2) is 4.68 Å². The molecule has 116 valence electrons. The molecule has 1 aliphatic rings. The first-order valence-electron chi connectivity index (χ1n) is 8.17. The van der Waals surface area contributed by atoms with E-state index in [0.29, 0.717) is 11.7 Å². The molecule has 2 aromatic rings. The van der Waals surface area contributed by atoms with Crippen LogP contribution in [0.1, 0.15) is 54.7 Å². The molecule has 0 radical (unpaired) electrons. The lowest BCUT2D eigenvalue weighted by molar-refractivity contribution is 0.0928. The number of benzene rings is 1. The number of para-hydroxylation sites is 1. The maximum atomic E-state index is 12.4. The van der Waals surface area contributed by atoms with Gasteiger partial charge in [-0.05, 0) is 38.0 Å². The van der Waals surface area contributed by atoms with Gasteiger partial charge in [-0.15, -0.1) is 0 Å². The first kappa shape index (κ1) is 14.8. The summed E-state index contributed by atoms with van der Waals surface area (Å²) in [6.07, 6.45) is 7.17. The van der Waals surface area contributed by atoms with Gasteiger partial charge in [0.25, 0.3) is 5.91 Å². The summed E-state index contributed by atoms with van der Waals surface area (Å²) in [4.78, 5) is 12.4. The van der Waals surface area contributed by atoms with Crippen LogP contribution in [0.5, 0.6) is 0 Å². The standard InChI is InChI=1S/C18H23N3O/c1-14-13-17(20-21(14)16-11-7-4-8-12-16)18(22)19-15-9-5-2-3-6-10-15/h4,7-8,11-13,15H,2-3,5-6,9-10H2,1H3,(H,19,22). The van der Waals surface area contributed by atoms with E-state index in [1.807, 2.05) is 48.0 Å². The van der Waals surface area contributed by atoms with Crippen LogP contribution in [0.15, 0.2) is 36.4 Å². The lowest BCUT2D eigenvalue weighted by atomic mass is 10.1. The van der Waals surface area contributed by atoms with Crippen molar-refractivity contribution in [2.24, 2.45) is 0 Å². The molecule has 4 nitrogen and oxygen atoms in total. The van der Waals surface area contributed by atoms with E-state index in [2.05, 4.69) is 10.4 Å². The average Bonchev–Trinajstić information content (AvgIpc) is 2.75. The normalized spacial score (nSPS) is 16.2. The van der Waals surface area contributed by atoms with Crippen molar-refractivity contribution in [1.82, 2.24) is 15.1 Å². The van der Waals surface area contributed by atoms with Crippen molar-refractivity contribution in [3.8, 4) is 5.69 Å². The molecule has 0 bridgehead atoms. The molecule has 1 N–H and O–H groups in total. The highest BCUT2D eigenvalue weighted by molar-refractivity contribution is 5.92. The zero-order valence-corrected chi connectivity index (χ0v) is 13.1. The van der Waals surface area contributed by atoms with E-state index in [1.165, 1.54) is 25.7 Å². The van der Waals surface area contributed by atoms with Crippen LogP contribution >= 0.6 is 0 Å². The van der Waals surface area contributed by atoms with Crippen molar-refractivity contribution >= 4 is 5.91 Å². The van der Waals surface area contributed by atoms with Crippen molar-refractivity contribution in [2.45, 2.75) is 51.5 Å². The summed E-state index contributed by atoms with van der Waals surface area (Å²) >= 11 is 0. The molecule has 0 spiro atoms. The van der Waals surface area contributed by atoms with Crippen LogP contribution in [0.3, 0.4) is 0 Å². The predicted molar refractivity (Wildman–Crippen MR) is 87.3 cm³/mol. The van der Waals surface area contributed by atoms with Crippen molar-refractivity contribution in [3.63, 3.8) is 0 Å². The molecule has 1 aliphatic carbocycles. The van der Waals surface area contributed by atoms with Crippen LogP contribution in [0.4, 0.5) is 0 Å². The number of rotatable bonds is 3. The Morgan fingerprint density at radius 1 is 1.14 bits per heavy atom. The minimum atomic E-state index is -0.0512. The number of aromatic nitrogens is 2. The van der Waals surface area contributed by atoms with Gasteiger partial charge in [0.15, 0.2) is 5.69 Å². The monoisotopic (exact) mass is 297 g/mol. The fraction of sp³-hybridized carbons (Fsp3) is 0.444. The van der Waals surface area contributed by atoms with Crippen molar-refractivity contribution in [2.75, 3.05) is 0 Å². The first-order chi connectivity index (χ1) is 10.7. The summed E-state index contributed by atoms with van der Waals surface area (Å²) in [7, 11) is 0. The summed E-state index contributed by atoms with van der Waals surface area (Å²) in [5.41, 5.74) is 2.45. The number of carbonyl (C=O) groups is 1. The number of carbonyl (C=O) groups excluding carboxylic acids is 1. The summed E-state index contributed by atoms with van der Waals surface area (Å²) in [6, 6.07) is 12.1. The molecule has 1 heterocycles. The SMILES string of the molecule is Cc1cc(C(=O)NC2CCCCCC2)nn1-c1ccccc1. The Bertz CT molecular complexity index is 625. The van der Waals surface area contributed by atoms with E-state index < -0.39 is 0 Å². The largest absolute Gasteiger partial charge is 0.348 e. The number of hydrogen-bond donors (Lipinski definition) is 1. The number of aryl methyl sites for hydroxylation is 1. The Labute approximate surface area is 131 Å². The third kappa shape index (κ3) is 3.38. The van der Waals surface area contributed by atoms with Crippen molar-refractivity contribution < 1.29 is 4.79 Å². The van der Waals surface area contributed by atoms with E-state index in [4.69, 9.17) is 0 Å². The quantitative estimate of drug-likeness (QED) is 0.879. The third-order valence-corrected chi connectivity index (χ3v) is 4.31. The lowest BCUT2D eigenvalue weighted by Gasteiger charge is -2.15. The van der Waals surface area contributed by atoms with Gasteiger partial charge >= 0.3 is 0 Å². The molecule has 1 saturated carbocycles. The second kappa shape index (κ2) is 6.77. The molecule has 0 saturated heterocycles. The van der Waals surface area contributed by atoms with E-state index in [1.54, 1.807) is 0 Å². The highest BCUT2D eigenvalue weighted by Gasteiger charge is 2.18. The van der Waals surface area contributed by atoms with Crippen LogP contribution in [-0.4, -0.2) is 21.7 Å². The van der Waals surface area contributed by atoms with Crippen molar-refractivity contribution in [3.05, 3.63) is 47.8 Å². The maximum absolute atomic E-state index is 12.4. The lowest BCUT2D eigenvalue weighted by Crippen LogP contribution is -2.34. The van der Waals surface area contributed by atoms with E-state index >= 15 is 0 Å². The van der Waals surface area contributed by atoms with Gasteiger partial charge < -0.3 is 5.32 Å². The highest BCUT2D eigenvalue weighted by Crippen LogP contribution is 2.18. The van der Waals surface area contributed by atoms with Gasteiger partial charge in [0.2, 0.25) is 0 Å². The fourth-order valence-corrected chi connectivity index (χ4v) is 3.10. The molecular formula is C18H23N3O. The van der Waals surface area contributed by atoms with Gasteiger partial charge in [-0.2, -0.15) is 5.10 Å². The smallest absolute Gasteiger partial charge is 0.272 e. The molecule has 0 unspecified atom stereocenters. The minimum absolute atomic E-state index is 0.0512. The molecular weight excluding hydrogens is 274 g/mol. The van der Waals surface area contributed by atoms with Gasteiger partial charge in [-0.3, -0.25) is 4.79 Å². The topological polar surface area (TPSA) is 46.9 Å². The summed E-state index contributed by atoms with van der Waals surface area (Å²) < 4.78 is 1.82. The van der Waals surface area contributed by atoms with Crippen LogP contribution < -0.4 is 5.32 Å². The molecule has 22 heavy (non-hydrogen) atoms. The molecule has 0 atom stereocenters. The molecule has 3 rings (SSSR count). The molecule has 1 fully saturated rings. The number of nitrogens with one attached hydrogen (secondary N) is 1. The second-order valence-electron chi connectivity index (χ2n) is 6.08. The first-order valence-corrected chi connectivity index (χ1v) is 8.17. The molecule has 1 aromatic carbocycles. The Morgan fingerprint density at radius 3 is 2.50 bits per heavy atom. The molecule has 4 heteroatoms. The molecule has 1 aromatic heterocycles. The third-order valence-electron chi connectivity index (χ3n) is 4.31. The van der Waals surface area contributed by atoms with Crippen LogP contribution in [0.2, 0.25) is 0 Å². The minimum Gasteiger partial charge on any atom is -0.348 e. The zero-order chi connectivity index (χ0) is 15.4. The summed E-state index contributed by atoms with van der Waals surface area (Å²) in [5, 5.41) is 7.63. The Balaban J connectivity index is 1.73. The van der Waals surface area contributed by atoms with Gasteiger partial charge in [0.1, 0.15) is 0 Å². The number of nitrogens with zero attached hydrogens (tertiary/aromatic N) is 2. The van der Waals surface area contributed by atoms with Crippen LogP contribution in [-0.2, 0) is 0 Å². The number of hydrogen-bond acceptors (Lipinski definition) is 2. The number of amides is 1. The molecule has 0 aliphatic heterocycles. The van der Waals surface area contributed by atoms with E-state index in [9.17, 15) is 4.79 Å².